The molecule has 1 heterocycles. The van der Waals surface area contributed by atoms with Crippen LogP contribution < -0.4 is 5.32 Å². The van der Waals surface area contributed by atoms with Crippen LogP contribution in [-0.4, -0.2) is 15.6 Å². The summed E-state index contributed by atoms with van der Waals surface area (Å²) in [7, 11) is 0. The number of rotatable bonds is 7. The first-order chi connectivity index (χ1) is 13.0. The Hall–Kier alpha value is -2.37. The van der Waals surface area contributed by atoms with Crippen LogP contribution in [0.4, 0.5) is 0 Å². The summed E-state index contributed by atoms with van der Waals surface area (Å²) in [5.74, 6) is -0.875. The van der Waals surface area contributed by atoms with Crippen LogP contribution in [-0.2, 0) is 19.6 Å². The predicted octanol–water partition coefficient (Wildman–Crippen LogP) is 4.90. The van der Waals surface area contributed by atoms with Crippen molar-refractivity contribution in [3.05, 3.63) is 92.7 Å². The van der Waals surface area contributed by atoms with Gasteiger partial charge in [-0.1, -0.05) is 64.5 Å². The number of carboxylic acids is 1. The van der Waals surface area contributed by atoms with Crippen LogP contribution in [0.25, 0.3) is 0 Å². The third-order valence-corrected chi connectivity index (χ3v) is 5.66. The van der Waals surface area contributed by atoms with E-state index in [1.807, 2.05) is 56.3 Å². The second kappa shape index (κ2) is 8.55. The van der Waals surface area contributed by atoms with Gasteiger partial charge in [0.1, 0.15) is 0 Å². The highest BCUT2D eigenvalue weighted by molar-refractivity contribution is 9.10. The van der Waals surface area contributed by atoms with Crippen molar-refractivity contribution in [2.75, 3.05) is 0 Å². The van der Waals surface area contributed by atoms with Crippen LogP contribution in [0.3, 0.4) is 0 Å². The molecule has 2 aromatic carbocycles. The van der Waals surface area contributed by atoms with Crippen molar-refractivity contribution < 1.29 is 9.90 Å². The van der Waals surface area contributed by atoms with Crippen molar-refractivity contribution in [1.82, 2.24) is 9.88 Å². The van der Waals surface area contributed by atoms with Crippen molar-refractivity contribution in [3.63, 3.8) is 0 Å². The predicted molar refractivity (Wildman–Crippen MR) is 111 cm³/mol. The number of aromatic carboxylic acids is 1. The van der Waals surface area contributed by atoms with Gasteiger partial charge >= 0.3 is 5.97 Å². The Labute approximate surface area is 168 Å². The van der Waals surface area contributed by atoms with Gasteiger partial charge in [0.05, 0.1) is 5.56 Å². The van der Waals surface area contributed by atoms with E-state index in [1.54, 1.807) is 0 Å². The molecule has 0 spiro atoms. The summed E-state index contributed by atoms with van der Waals surface area (Å²) in [5, 5.41) is 13.2. The van der Waals surface area contributed by atoms with Gasteiger partial charge in [-0.15, -0.1) is 0 Å². The Morgan fingerprint density at radius 1 is 1.00 bits per heavy atom. The fraction of sp³-hybridized carbons (Fsp3) is 0.227. The van der Waals surface area contributed by atoms with E-state index in [-0.39, 0.29) is 0 Å². The lowest BCUT2D eigenvalue weighted by molar-refractivity contribution is 0.0694. The van der Waals surface area contributed by atoms with Crippen LogP contribution >= 0.6 is 15.9 Å². The number of hydrogen-bond donors (Lipinski definition) is 2. The minimum atomic E-state index is -0.875. The highest BCUT2D eigenvalue weighted by Crippen LogP contribution is 2.24. The SMILES string of the molecule is Cc1c(CNCc2ccccc2Br)c(C(=O)O)c(C)n1Cc1ccccc1. The fourth-order valence-electron chi connectivity index (χ4n) is 3.42. The summed E-state index contributed by atoms with van der Waals surface area (Å²) in [5.41, 5.74) is 5.34. The molecule has 3 rings (SSSR count). The van der Waals surface area contributed by atoms with Crippen LogP contribution in [0.15, 0.2) is 59.1 Å². The van der Waals surface area contributed by atoms with E-state index in [9.17, 15) is 9.90 Å². The number of aromatic nitrogens is 1. The summed E-state index contributed by atoms with van der Waals surface area (Å²) in [6.07, 6.45) is 0. The standard InChI is InChI=1S/C22H23BrN2O2/c1-15-19(13-24-12-18-10-6-7-11-20(18)23)21(22(26)27)16(2)25(15)14-17-8-4-3-5-9-17/h3-11,24H,12-14H2,1-2H3,(H,26,27). The molecule has 0 fully saturated rings. The van der Waals surface area contributed by atoms with E-state index in [0.29, 0.717) is 25.2 Å². The summed E-state index contributed by atoms with van der Waals surface area (Å²) >= 11 is 3.55. The molecule has 0 aliphatic heterocycles. The summed E-state index contributed by atoms with van der Waals surface area (Å²) in [6.45, 7) is 5.73. The lowest BCUT2D eigenvalue weighted by atomic mass is 10.1. The Morgan fingerprint density at radius 2 is 1.67 bits per heavy atom. The molecular weight excluding hydrogens is 404 g/mol. The van der Waals surface area contributed by atoms with Crippen molar-refractivity contribution in [2.24, 2.45) is 0 Å². The third kappa shape index (κ3) is 4.31. The van der Waals surface area contributed by atoms with E-state index in [0.717, 1.165) is 32.6 Å². The first-order valence-electron chi connectivity index (χ1n) is 8.89. The van der Waals surface area contributed by atoms with Gasteiger partial charge in [0.2, 0.25) is 0 Å². The smallest absolute Gasteiger partial charge is 0.337 e. The first kappa shape index (κ1) is 19.4. The van der Waals surface area contributed by atoms with Crippen LogP contribution in [0, 0.1) is 13.8 Å². The summed E-state index contributed by atoms with van der Waals surface area (Å²) in [4.78, 5) is 11.9. The zero-order chi connectivity index (χ0) is 19.4. The van der Waals surface area contributed by atoms with Crippen molar-refractivity contribution in [3.8, 4) is 0 Å². The molecule has 0 atom stereocenters. The molecule has 0 radical (unpaired) electrons. The molecule has 2 N–H and O–H groups in total. The highest BCUT2D eigenvalue weighted by Gasteiger charge is 2.22. The molecule has 3 aromatic rings. The number of nitrogens with zero attached hydrogens (tertiary/aromatic N) is 1. The zero-order valence-corrected chi connectivity index (χ0v) is 17.1. The van der Waals surface area contributed by atoms with Gasteiger partial charge in [0.25, 0.3) is 0 Å². The molecule has 0 saturated heterocycles. The number of carbonyl (C=O) groups is 1. The van der Waals surface area contributed by atoms with Crippen molar-refractivity contribution in [2.45, 2.75) is 33.5 Å². The van der Waals surface area contributed by atoms with Crippen molar-refractivity contribution in [1.29, 1.82) is 0 Å². The Kier molecular flexibility index (Phi) is 6.14. The van der Waals surface area contributed by atoms with E-state index in [1.165, 1.54) is 0 Å². The van der Waals surface area contributed by atoms with Gasteiger partial charge in [0, 0.05) is 41.1 Å². The first-order valence-corrected chi connectivity index (χ1v) is 9.68. The minimum Gasteiger partial charge on any atom is -0.478 e. The second-order valence-corrected chi connectivity index (χ2v) is 7.45. The van der Waals surface area contributed by atoms with E-state index < -0.39 is 5.97 Å². The Morgan fingerprint density at radius 3 is 2.33 bits per heavy atom. The normalized spacial score (nSPS) is 10.9. The molecule has 0 unspecified atom stereocenters. The maximum absolute atomic E-state index is 11.9. The maximum atomic E-state index is 11.9. The lowest BCUT2D eigenvalue weighted by Crippen LogP contribution is -2.16. The molecule has 0 amide bonds. The minimum absolute atomic E-state index is 0.406. The van der Waals surface area contributed by atoms with Crippen molar-refractivity contribution >= 4 is 21.9 Å². The van der Waals surface area contributed by atoms with E-state index in [4.69, 9.17) is 0 Å². The van der Waals surface area contributed by atoms with Crippen LogP contribution in [0.2, 0.25) is 0 Å². The van der Waals surface area contributed by atoms with Crippen LogP contribution in [0.1, 0.15) is 38.4 Å². The molecule has 0 bridgehead atoms. The third-order valence-electron chi connectivity index (χ3n) is 4.88. The van der Waals surface area contributed by atoms with Crippen LogP contribution in [0.5, 0.6) is 0 Å². The summed E-state index contributed by atoms with van der Waals surface area (Å²) < 4.78 is 3.14. The fourth-order valence-corrected chi connectivity index (χ4v) is 3.84. The Bertz CT molecular complexity index is 948. The summed E-state index contributed by atoms with van der Waals surface area (Å²) in [6, 6.07) is 18.1. The number of nitrogens with one attached hydrogen (secondary N) is 1. The largest absolute Gasteiger partial charge is 0.478 e. The molecule has 5 heteroatoms. The quantitative estimate of drug-likeness (QED) is 0.564. The monoisotopic (exact) mass is 426 g/mol. The molecule has 27 heavy (non-hydrogen) atoms. The number of halogens is 1. The molecule has 4 nitrogen and oxygen atoms in total. The number of hydrogen-bond acceptors (Lipinski definition) is 2. The van der Waals surface area contributed by atoms with Gasteiger partial charge in [0.15, 0.2) is 0 Å². The van der Waals surface area contributed by atoms with E-state index in [2.05, 4.69) is 37.9 Å². The molecule has 1 aromatic heterocycles. The zero-order valence-electron chi connectivity index (χ0n) is 15.5. The topological polar surface area (TPSA) is 54.3 Å². The number of benzene rings is 2. The average Bonchev–Trinajstić information content (AvgIpc) is 2.89. The highest BCUT2D eigenvalue weighted by atomic mass is 79.9. The molecule has 0 aliphatic carbocycles. The maximum Gasteiger partial charge on any atom is 0.337 e. The average molecular weight is 427 g/mol. The van der Waals surface area contributed by atoms with Gasteiger partial charge in [-0.2, -0.15) is 0 Å². The molecule has 140 valence electrons. The van der Waals surface area contributed by atoms with Gasteiger partial charge in [-0.3, -0.25) is 0 Å². The van der Waals surface area contributed by atoms with Gasteiger partial charge < -0.3 is 15.0 Å². The Balaban J connectivity index is 1.84. The number of carboxylic acid groups (broad SMARTS) is 1. The van der Waals surface area contributed by atoms with E-state index >= 15 is 0 Å². The van der Waals surface area contributed by atoms with Gasteiger partial charge in [-0.25, -0.2) is 4.79 Å². The van der Waals surface area contributed by atoms with Gasteiger partial charge in [-0.05, 0) is 31.0 Å². The molecule has 0 saturated carbocycles. The molecule has 0 aliphatic rings. The second-order valence-electron chi connectivity index (χ2n) is 6.60. The molecular formula is C22H23BrN2O2. The lowest BCUT2D eigenvalue weighted by Gasteiger charge is -2.10.